The molecule has 4 heterocycles. The van der Waals surface area contributed by atoms with Gasteiger partial charge in [-0.2, -0.15) is 10.4 Å². The van der Waals surface area contributed by atoms with Gasteiger partial charge >= 0.3 is 0 Å². The number of anilines is 2. The number of nitriles is 1. The second-order valence-electron chi connectivity index (χ2n) is 8.89. The van der Waals surface area contributed by atoms with Crippen LogP contribution in [0.2, 0.25) is 0 Å². The van der Waals surface area contributed by atoms with Crippen LogP contribution in [-0.4, -0.2) is 77.2 Å². The molecule has 2 aliphatic heterocycles. The van der Waals surface area contributed by atoms with Crippen LogP contribution in [0.15, 0.2) is 29.3 Å². The smallest absolute Gasteiger partial charge is 0.269 e. The minimum Gasteiger partial charge on any atom is -0.366 e. The molecule has 2 fully saturated rings. The maximum Gasteiger partial charge on any atom is 0.269 e. The third-order valence-corrected chi connectivity index (χ3v) is 6.68. The average molecular weight is 479 g/mol. The number of aromatic amines is 1. The predicted molar refractivity (Wildman–Crippen MR) is 130 cm³/mol. The summed E-state index contributed by atoms with van der Waals surface area (Å²) < 4.78 is 0. The van der Waals surface area contributed by atoms with Crippen molar-refractivity contribution in [1.82, 2.24) is 25.4 Å². The molecule has 2 amide bonds. The molecule has 35 heavy (non-hydrogen) atoms. The fraction of sp³-hybridized carbons (Fsp3) is 0.500. The topological polar surface area (TPSA) is 138 Å². The Morgan fingerprint density at radius 2 is 2.00 bits per heavy atom. The second kappa shape index (κ2) is 11.0. The van der Waals surface area contributed by atoms with Crippen LogP contribution in [0.25, 0.3) is 0 Å². The monoisotopic (exact) mass is 478 g/mol. The van der Waals surface area contributed by atoms with Crippen LogP contribution in [-0.2, 0) is 9.59 Å². The molecule has 0 radical (unpaired) electrons. The van der Waals surface area contributed by atoms with E-state index in [1.807, 2.05) is 11.0 Å². The fourth-order valence-corrected chi connectivity index (χ4v) is 4.68. The number of pyridine rings is 1. The van der Waals surface area contributed by atoms with Crippen LogP contribution in [0.5, 0.6) is 0 Å². The summed E-state index contributed by atoms with van der Waals surface area (Å²) in [6, 6.07) is 5.64. The van der Waals surface area contributed by atoms with Crippen LogP contribution in [0.1, 0.15) is 36.8 Å². The molecule has 2 saturated heterocycles. The highest BCUT2D eigenvalue weighted by atomic mass is 16.2. The third kappa shape index (κ3) is 5.77. The van der Waals surface area contributed by atoms with Gasteiger partial charge in [-0.15, -0.1) is 0 Å². The molecule has 2 aromatic heterocycles. The van der Waals surface area contributed by atoms with Crippen molar-refractivity contribution in [2.45, 2.75) is 38.6 Å². The molecule has 4 rings (SSSR count). The van der Waals surface area contributed by atoms with Crippen molar-refractivity contribution in [1.29, 1.82) is 5.26 Å². The SMILES string of the molecule is Cc1c(N2CCC[C@H]2CC(=O)NCCC(=O)N2CCN(c3ccc(C#N)cn3)CC2)cn[nH]c1=O. The van der Waals surface area contributed by atoms with Gasteiger partial charge in [-0.25, -0.2) is 10.1 Å². The first-order valence-corrected chi connectivity index (χ1v) is 11.9. The summed E-state index contributed by atoms with van der Waals surface area (Å²) in [5, 5.41) is 18.1. The van der Waals surface area contributed by atoms with Gasteiger partial charge in [0.1, 0.15) is 11.9 Å². The van der Waals surface area contributed by atoms with Crippen molar-refractivity contribution in [3.8, 4) is 6.07 Å². The second-order valence-corrected chi connectivity index (χ2v) is 8.89. The lowest BCUT2D eigenvalue weighted by Crippen LogP contribution is -2.49. The Hall–Kier alpha value is -3.94. The number of carbonyl (C=O) groups excluding carboxylic acids is 2. The summed E-state index contributed by atoms with van der Waals surface area (Å²) in [5.41, 5.74) is 1.68. The Labute approximate surface area is 203 Å². The van der Waals surface area contributed by atoms with Crippen LogP contribution in [0.4, 0.5) is 11.5 Å². The predicted octanol–water partition coefficient (Wildman–Crippen LogP) is 0.559. The molecule has 0 unspecified atom stereocenters. The van der Waals surface area contributed by atoms with Crippen LogP contribution in [0, 0.1) is 18.3 Å². The Bertz CT molecular complexity index is 1150. The van der Waals surface area contributed by atoms with Crippen LogP contribution >= 0.6 is 0 Å². The van der Waals surface area contributed by atoms with Crippen molar-refractivity contribution in [2.24, 2.45) is 0 Å². The van der Waals surface area contributed by atoms with E-state index in [4.69, 9.17) is 5.26 Å². The van der Waals surface area contributed by atoms with Crippen molar-refractivity contribution in [3.05, 3.63) is 46.0 Å². The van der Waals surface area contributed by atoms with E-state index in [9.17, 15) is 14.4 Å². The minimum absolute atomic E-state index is 0.0110. The minimum atomic E-state index is -0.217. The zero-order valence-corrected chi connectivity index (χ0v) is 19.9. The van der Waals surface area contributed by atoms with E-state index in [2.05, 4.69) is 36.4 Å². The van der Waals surface area contributed by atoms with Crippen LogP contribution in [0.3, 0.4) is 0 Å². The number of hydrogen-bond donors (Lipinski definition) is 2. The number of rotatable bonds is 7. The molecule has 0 aliphatic carbocycles. The van der Waals surface area contributed by atoms with Gasteiger partial charge in [-0.05, 0) is 31.9 Å². The first kappa shape index (κ1) is 24.2. The largest absolute Gasteiger partial charge is 0.366 e. The van der Waals surface area contributed by atoms with Crippen LogP contribution < -0.4 is 20.7 Å². The zero-order chi connectivity index (χ0) is 24.8. The molecule has 184 valence electrons. The van der Waals surface area contributed by atoms with Gasteiger partial charge in [-0.1, -0.05) is 0 Å². The van der Waals surface area contributed by atoms with Crippen molar-refractivity contribution < 1.29 is 9.59 Å². The molecule has 11 heteroatoms. The molecule has 2 aromatic rings. The van der Waals surface area contributed by atoms with Gasteiger partial charge in [0.05, 0.1) is 17.4 Å². The molecule has 0 bridgehead atoms. The Balaban J connectivity index is 1.19. The summed E-state index contributed by atoms with van der Waals surface area (Å²) in [4.78, 5) is 47.4. The van der Waals surface area contributed by atoms with Gasteiger partial charge in [-0.3, -0.25) is 14.4 Å². The number of carbonyl (C=O) groups is 2. The molecule has 0 aromatic carbocycles. The first-order chi connectivity index (χ1) is 17.0. The molecule has 0 spiro atoms. The number of hydrogen-bond acceptors (Lipinski definition) is 8. The van der Waals surface area contributed by atoms with Gasteiger partial charge in [0.25, 0.3) is 5.56 Å². The highest BCUT2D eigenvalue weighted by Crippen LogP contribution is 2.27. The number of H-pyrrole nitrogens is 1. The van der Waals surface area contributed by atoms with E-state index in [0.29, 0.717) is 50.3 Å². The van der Waals surface area contributed by atoms with E-state index in [1.54, 1.807) is 25.4 Å². The summed E-state index contributed by atoms with van der Waals surface area (Å²) in [6.45, 7) is 5.37. The molecule has 2 N–H and O–H groups in total. The zero-order valence-electron chi connectivity index (χ0n) is 19.9. The molecular weight excluding hydrogens is 448 g/mol. The average Bonchev–Trinajstić information content (AvgIpc) is 3.33. The van der Waals surface area contributed by atoms with Crippen molar-refractivity contribution in [2.75, 3.05) is 49.1 Å². The van der Waals surface area contributed by atoms with Crippen molar-refractivity contribution in [3.63, 3.8) is 0 Å². The van der Waals surface area contributed by atoms with Crippen molar-refractivity contribution >= 4 is 23.3 Å². The number of nitrogens with zero attached hydrogens (tertiary/aromatic N) is 6. The van der Waals surface area contributed by atoms with Gasteiger partial charge in [0.2, 0.25) is 11.8 Å². The fourth-order valence-electron chi connectivity index (χ4n) is 4.68. The normalized spacial score (nSPS) is 17.8. The maximum absolute atomic E-state index is 12.6. The molecule has 2 aliphatic rings. The van der Waals surface area contributed by atoms with Gasteiger partial charge in [0, 0.05) is 69.9 Å². The van der Waals surface area contributed by atoms with Gasteiger partial charge < -0.3 is 20.0 Å². The summed E-state index contributed by atoms with van der Waals surface area (Å²) >= 11 is 0. The number of piperazine rings is 1. The highest BCUT2D eigenvalue weighted by Gasteiger charge is 2.29. The summed E-state index contributed by atoms with van der Waals surface area (Å²) in [5.74, 6) is 0.725. The third-order valence-electron chi connectivity index (χ3n) is 6.68. The lowest BCUT2D eigenvalue weighted by Gasteiger charge is -2.35. The summed E-state index contributed by atoms with van der Waals surface area (Å²) in [6.07, 6.45) is 5.59. The summed E-state index contributed by atoms with van der Waals surface area (Å²) in [7, 11) is 0. The Morgan fingerprint density at radius 1 is 1.20 bits per heavy atom. The molecular formula is C24H30N8O3. The van der Waals surface area contributed by atoms with E-state index in [-0.39, 0.29) is 29.8 Å². The standard InChI is InChI=1S/C24H30N8O3/c1-17-20(16-28-29-24(17)35)32-8-2-3-19(32)13-22(33)26-7-6-23(34)31-11-9-30(10-12-31)21-5-4-18(14-25)15-27-21/h4-5,15-16,19H,2-3,6-13H2,1H3,(H,26,33)(H,29,35)/t19-/m0/s1. The lowest BCUT2D eigenvalue weighted by molar-refractivity contribution is -0.131. The van der Waals surface area contributed by atoms with E-state index in [1.165, 1.54) is 0 Å². The Kier molecular flexibility index (Phi) is 7.60. The molecule has 11 nitrogen and oxygen atoms in total. The first-order valence-electron chi connectivity index (χ1n) is 11.9. The lowest BCUT2D eigenvalue weighted by atomic mass is 10.1. The highest BCUT2D eigenvalue weighted by molar-refractivity contribution is 5.80. The number of aromatic nitrogens is 3. The number of amides is 2. The number of nitrogens with one attached hydrogen (secondary N) is 2. The van der Waals surface area contributed by atoms with E-state index >= 15 is 0 Å². The molecule has 0 saturated carbocycles. The van der Waals surface area contributed by atoms with E-state index < -0.39 is 0 Å². The Morgan fingerprint density at radius 3 is 2.71 bits per heavy atom. The maximum atomic E-state index is 12.6. The van der Waals surface area contributed by atoms with E-state index in [0.717, 1.165) is 30.9 Å². The van der Waals surface area contributed by atoms with Gasteiger partial charge in [0.15, 0.2) is 0 Å². The molecule has 1 atom stereocenters. The quantitative estimate of drug-likeness (QED) is 0.589.